The maximum absolute atomic E-state index is 12.2. The van der Waals surface area contributed by atoms with Gasteiger partial charge in [0.25, 0.3) is 0 Å². The molecule has 15 nitrogen and oxygen atoms in total. The smallest absolute Gasteiger partial charge is 0.112 e. The third kappa shape index (κ3) is 15.9. The minimum atomic E-state index is -1.37. The molecule has 265 valence electrons. The van der Waals surface area contributed by atoms with Gasteiger partial charge in [0.2, 0.25) is 5.91 Å². The number of aliphatic hydroxyl groups is 3. The number of amides is 2. The molecule has 9 unspecified atom stereocenters. The molecule has 1 radical (unpaired) electrons. The van der Waals surface area contributed by atoms with Crippen molar-refractivity contribution in [3.8, 4) is 0 Å². The predicted octanol–water partition coefficient (Wildman–Crippen LogP) is -1.41. The van der Waals surface area contributed by atoms with E-state index < -0.39 is 51.3 Å². The van der Waals surface area contributed by atoms with Crippen LogP contribution in [-0.4, -0.2) is 203 Å². The van der Waals surface area contributed by atoms with Gasteiger partial charge < -0.3 is 30.1 Å². The van der Waals surface area contributed by atoms with Gasteiger partial charge in [0.1, 0.15) is 24.4 Å². The first-order valence-corrected chi connectivity index (χ1v) is 29.3. The number of carbonyl (C=O) groups excluding carboxylic acids is 2. The Kier molecular flexibility index (Phi) is 22.8. The van der Waals surface area contributed by atoms with Crippen LogP contribution in [0.1, 0.15) is 40.0 Å². The van der Waals surface area contributed by atoms with E-state index in [1.807, 2.05) is 13.8 Å². The first-order valence-electron chi connectivity index (χ1n) is 15.5. The fourth-order valence-electron chi connectivity index (χ4n) is 4.75. The van der Waals surface area contributed by atoms with Crippen LogP contribution < -0.4 is 10.6 Å². The summed E-state index contributed by atoms with van der Waals surface area (Å²) in [6.07, 6.45) is -3.46. The summed E-state index contributed by atoms with van der Waals surface area (Å²) in [7, 11) is -0.594. The molecule has 5 N–H and O–H groups in total. The van der Waals surface area contributed by atoms with Gasteiger partial charge in [-0.15, -0.1) is 0 Å². The largest absolute Gasteiger partial charge is 0.394 e. The molecular formula is C28H52BaN2O13PSe. The number of ether oxygens (including phenoxy) is 7. The average Bonchev–Trinajstić information content (AvgIpc) is 3.33. The number of hydrogen-bond acceptors (Lipinski definition) is 13. The molecule has 0 aromatic heterocycles. The summed E-state index contributed by atoms with van der Waals surface area (Å²) in [5, 5.41) is 35.1. The van der Waals surface area contributed by atoms with Gasteiger partial charge in [-0.2, -0.15) is 0 Å². The molecule has 0 spiro atoms. The molecule has 2 fully saturated rings. The summed E-state index contributed by atoms with van der Waals surface area (Å²) >= 11 is 0.612. The molecule has 2 amide bonds. The van der Waals surface area contributed by atoms with E-state index in [1.165, 1.54) is 6.92 Å². The van der Waals surface area contributed by atoms with Gasteiger partial charge in [0.15, 0.2) is 6.29 Å². The fraction of sp³-hybridized carbons (Fsp3) is 0.929. The van der Waals surface area contributed by atoms with Crippen LogP contribution in [-0.2, 0) is 47.3 Å². The van der Waals surface area contributed by atoms with Crippen molar-refractivity contribution in [2.75, 3.05) is 66.3 Å². The van der Waals surface area contributed by atoms with Crippen LogP contribution in [0.25, 0.3) is 0 Å². The molecule has 0 aromatic rings. The minimum Gasteiger partial charge on any atom is -0.394 e. The fourth-order valence-corrected chi connectivity index (χ4v) is 11.2. The van der Waals surface area contributed by atoms with Crippen molar-refractivity contribution in [3.63, 3.8) is 0 Å². The summed E-state index contributed by atoms with van der Waals surface area (Å²) in [5.41, 5.74) is 0. The van der Waals surface area contributed by atoms with Crippen molar-refractivity contribution in [3.05, 3.63) is 0 Å². The van der Waals surface area contributed by atoms with Crippen molar-refractivity contribution in [2.24, 2.45) is 0 Å². The second kappa shape index (κ2) is 24.2. The van der Waals surface area contributed by atoms with E-state index in [1.54, 1.807) is 0 Å². The summed E-state index contributed by atoms with van der Waals surface area (Å²) in [4.78, 5) is 23.7. The molecule has 2 rings (SSSR count). The molecule has 0 aromatic carbocycles. The molecule has 0 aliphatic carbocycles. The number of rotatable bonds is 23. The normalized spacial score (nSPS) is 29.8. The van der Waals surface area contributed by atoms with Gasteiger partial charge in [0.05, 0.1) is 6.61 Å². The SMILES string of the molecule is CC(=O)NC1C(OCCCCC(=O)NCCOCCOCOC2C([Se][Ba])OC(COC(C)C)C2OP(C)C)OC(CO)C(O)C1O. The Labute approximate surface area is 306 Å². The Morgan fingerprint density at radius 1 is 0.978 bits per heavy atom. The maximum atomic E-state index is 12.2. The molecular weight excluding hydrogens is 820 g/mol. The van der Waals surface area contributed by atoms with Gasteiger partial charge in [-0.05, 0) is 12.8 Å². The van der Waals surface area contributed by atoms with E-state index >= 15 is 0 Å². The Morgan fingerprint density at radius 3 is 2.37 bits per heavy atom. The number of nitrogens with one attached hydrogen (secondary N) is 2. The van der Waals surface area contributed by atoms with Crippen LogP contribution in [0.3, 0.4) is 0 Å². The first-order chi connectivity index (χ1) is 22.0. The Balaban J connectivity index is 1.55. The monoisotopic (exact) mass is 873 g/mol. The first kappa shape index (κ1) is 43.2. The van der Waals surface area contributed by atoms with Gasteiger partial charge in [0, 0.05) is 20.0 Å². The van der Waals surface area contributed by atoms with Gasteiger partial charge >= 0.3 is 193 Å². The third-order valence-electron chi connectivity index (χ3n) is 6.97. The molecule has 0 bridgehead atoms. The van der Waals surface area contributed by atoms with Gasteiger partial charge in [-0.1, -0.05) is 0 Å². The van der Waals surface area contributed by atoms with E-state index in [0.29, 0.717) is 95.1 Å². The third-order valence-corrected chi connectivity index (χ3v) is 14.5. The van der Waals surface area contributed by atoms with Crippen molar-refractivity contribution >= 4 is 69.2 Å². The quantitative estimate of drug-likeness (QED) is 0.0349. The number of carbonyl (C=O) groups is 2. The average molecular weight is 872 g/mol. The Hall–Kier alpha value is 1.02. The summed E-state index contributed by atoms with van der Waals surface area (Å²) in [5.74, 6) is -0.544. The number of hydrogen-bond donors (Lipinski definition) is 5. The van der Waals surface area contributed by atoms with Crippen molar-refractivity contribution in [2.45, 2.75) is 100 Å². The van der Waals surface area contributed by atoms with E-state index in [0.717, 1.165) is 0 Å². The standard InChI is InChI=1S/C28H53N2O13PSe.Ba/c1-17(2)39-15-20-25(43-44(4)5)26(28(45)42-20)40-16-37-13-12-36-11-9-29-21(33)8-6-7-10-38-27-22(30-18(3)32)24(35)23(34)19(14-31)41-27;/h17,19-20,22-28,31,34-35,45H,6-16H2,1-5H3,(H,29,33)(H,30,32);/q;+1/p-1. The second-order valence-corrected chi connectivity index (χ2v) is 20.3. The van der Waals surface area contributed by atoms with Crippen molar-refractivity contribution in [1.29, 1.82) is 0 Å². The van der Waals surface area contributed by atoms with E-state index in [-0.39, 0.29) is 55.1 Å². The van der Waals surface area contributed by atoms with Crippen LogP contribution in [0.15, 0.2) is 0 Å². The Bertz CT molecular complexity index is 870. The molecule has 2 heterocycles. The van der Waals surface area contributed by atoms with Crippen LogP contribution in [0.4, 0.5) is 0 Å². The molecule has 0 saturated carbocycles. The van der Waals surface area contributed by atoms with Crippen LogP contribution in [0.5, 0.6) is 0 Å². The molecule has 18 heteroatoms. The van der Waals surface area contributed by atoms with Crippen LogP contribution in [0.2, 0.25) is 0 Å². The zero-order valence-electron chi connectivity index (χ0n) is 27.5. The molecule has 9 atom stereocenters. The maximum Gasteiger partial charge on any atom is 0.112 e. The summed E-state index contributed by atoms with van der Waals surface area (Å²) < 4.78 is 46.8. The molecule has 2 saturated heterocycles. The van der Waals surface area contributed by atoms with Crippen molar-refractivity contribution in [1.82, 2.24) is 10.6 Å². The van der Waals surface area contributed by atoms with Gasteiger partial charge in [-0.25, -0.2) is 0 Å². The minimum absolute atomic E-state index is 0.0458. The van der Waals surface area contributed by atoms with Crippen molar-refractivity contribution < 1.29 is 62.6 Å². The summed E-state index contributed by atoms with van der Waals surface area (Å²) in [6.45, 7) is 11.1. The van der Waals surface area contributed by atoms with Gasteiger partial charge in [-0.3, -0.25) is 9.59 Å². The zero-order valence-corrected chi connectivity index (χ0v) is 34.6. The Morgan fingerprint density at radius 2 is 1.72 bits per heavy atom. The number of aliphatic hydroxyl groups excluding tert-OH is 3. The topological polar surface area (TPSA) is 193 Å². The predicted molar refractivity (Wildman–Crippen MR) is 170 cm³/mol. The van der Waals surface area contributed by atoms with E-state index in [4.69, 9.17) is 37.7 Å². The second-order valence-electron chi connectivity index (χ2n) is 11.4. The molecule has 46 heavy (non-hydrogen) atoms. The van der Waals surface area contributed by atoms with E-state index in [9.17, 15) is 24.9 Å². The van der Waals surface area contributed by atoms with E-state index in [2.05, 4.69) is 24.0 Å². The molecule has 2 aliphatic rings. The molecule has 2 aliphatic heterocycles. The van der Waals surface area contributed by atoms with Crippen LogP contribution in [0, 0.1) is 0 Å². The summed E-state index contributed by atoms with van der Waals surface area (Å²) in [6, 6.07) is -0.991. The van der Waals surface area contributed by atoms with Crippen LogP contribution >= 0.6 is 8.15 Å². The number of unbranched alkanes of at least 4 members (excludes halogenated alkanes) is 1. The zero-order chi connectivity index (χ0) is 34.1.